The van der Waals surface area contributed by atoms with Gasteiger partial charge in [-0.1, -0.05) is 85.3 Å². The van der Waals surface area contributed by atoms with Crippen molar-refractivity contribution in [3.05, 3.63) is 96.1 Å². The van der Waals surface area contributed by atoms with Crippen LogP contribution in [0.5, 0.6) is 0 Å². The Morgan fingerprint density at radius 1 is 0.818 bits per heavy atom. The van der Waals surface area contributed by atoms with E-state index < -0.39 is 17.6 Å². The number of benzene rings is 3. The SMILES string of the molecule is CN(C(=O)[C@@H](Cc1ccc2ccccc2c1)N(C)C(=O)/C=C/CC(C)(C)N)C(Cc1ccccc1)C(=O)NCCCCCN. The normalized spacial score (nSPS) is 13.0. The Bertz CT molecular complexity index is 1400. The highest BCUT2D eigenvalue weighted by molar-refractivity contribution is 5.95. The summed E-state index contributed by atoms with van der Waals surface area (Å²) in [6, 6.07) is 22.2. The Balaban J connectivity index is 1.91. The van der Waals surface area contributed by atoms with E-state index in [4.69, 9.17) is 11.5 Å². The molecule has 3 amide bonds. The van der Waals surface area contributed by atoms with Crippen LogP contribution < -0.4 is 16.8 Å². The minimum Gasteiger partial charge on any atom is -0.354 e. The second-order valence-corrected chi connectivity index (χ2v) is 12.2. The summed E-state index contributed by atoms with van der Waals surface area (Å²) < 4.78 is 0. The first-order chi connectivity index (χ1) is 21.0. The summed E-state index contributed by atoms with van der Waals surface area (Å²) in [5.74, 6) is -0.826. The van der Waals surface area contributed by atoms with Crippen LogP contribution >= 0.6 is 0 Å². The van der Waals surface area contributed by atoms with Crippen molar-refractivity contribution in [2.24, 2.45) is 11.5 Å². The number of nitrogens with zero attached hydrogens (tertiary/aromatic N) is 2. The van der Waals surface area contributed by atoms with Crippen molar-refractivity contribution >= 4 is 28.5 Å². The maximum Gasteiger partial charge on any atom is 0.246 e. The van der Waals surface area contributed by atoms with Gasteiger partial charge in [0, 0.05) is 39.0 Å². The van der Waals surface area contributed by atoms with Gasteiger partial charge in [0.1, 0.15) is 12.1 Å². The Hall–Kier alpha value is -4.01. The van der Waals surface area contributed by atoms with E-state index >= 15 is 0 Å². The third-order valence-corrected chi connectivity index (χ3v) is 7.82. The Kier molecular flexibility index (Phi) is 13.1. The fourth-order valence-electron chi connectivity index (χ4n) is 5.12. The summed E-state index contributed by atoms with van der Waals surface area (Å²) >= 11 is 0. The van der Waals surface area contributed by atoms with E-state index in [1.54, 1.807) is 20.2 Å². The summed E-state index contributed by atoms with van der Waals surface area (Å²) in [5.41, 5.74) is 13.1. The summed E-state index contributed by atoms with van der Waals surface area (Å²) in [6.07, 6.45) is 7.02. The van der Waals surface area contributed by atoms with Gasteiger partial charge >= 0.3 is 0 Å². The maximum atomic E-state index is 14.3. The number of nitrogens with two attached hydrogens (primary N) is 2. The monoisotopic (exact) mass is 599 g/mol. The van der Waals surface area contributed by atoms with Crippen LogP contribution in [-0.2, 0) is 27.2 Å². The molecule has 3 aromatic rings. The van der Waals surface area contributed by atoms with Crippen molar-refractivity contribution in [3.8, 4) is 0 Å². The smallest absolute Gasteiger partial charge is 0.246 e. The van der Waals surface area contributed by atoms with Gasteiger partial charge in [0.25, 0.3) is 0 Å². The molecule has 0 saturated carbocycles. The van der Waals surface area contributed by atoms with E-state index in [0.29, 0.717) is 32.4 Å². The molecule has 0 radical (unpaired) electrons. The first kappa shape index (κ1) is 34.5. The first-order valence-corrected chi connectivity index (χ1v) is 15.5. The lowest BCUT2D eigenvalue weighted by Crippen LogP contribution is -2.56. The highest BCUT2D eigenvalue weighted by Crippen LogP contribution is 2.20. The number of fused-ring (bicyclic) bond motifs is 1. The molecular formula is C36H49N5O3. The Morgan fingerprint density at radius 2 is 1.48 bits per heavy atom. The van der Waals surface area contributed by atoms with Gasteiger partial charge in [-0.3, -0.25) is 14.4 Å². The predicted octanol–water partition coefficient (Wildman–Crippen LogP) is 4.21. The van der Waals surface area contributed by atoms with Crippen LogP contribution in [0.25, 0.3) is 10.8 Å². The van der Waals surface area contributed by atoms with Crippen molar-refractivity contribution in [3.63, 3.8) is 0 Å². The maximum absolute atomic E-state index is 14.3. The molecule has 0 bridgehead atoms. The molecule has 3 aromatic carbocycles. The third kappa shape index (κ3) is 10.6. The van der Waals surface area contributed by atoms with Gasteiger partial charge in [-0.25, -0.2) is 0 Å². The lowest BCUT2D eigenvalue weighted by Gasteiger charge is -2.34. The highest BCUT2D eigenvalue weighted by Gasteiger charge is 2.34. The Labute approximate surface area is 262 Å². The minimum absolute atomic E-state index is 0.221. The molecule has 8 nitrogen and oxygen atoms in total. The molecule has 44 heavy (non-hydrogen) atoms. The molecular weight excluding hydrogens is 550 g/mol. The van der Waals surface area contributed by atoms with Crippen LogP contribution in [0, 0.1) is 0 Å². The molecule has 3 rings (SSSR count). The third-order valence-electron chi connectivity index (χ3n) is 7.82. The molecule has 0 heterocycles. The van der Waals surface area contributed by atoms with Crippen molar-refractivity contribution in [1.29, 1.82) is 0 Å². The van der Waals surface area contributed by atoms with E-state index in [2.05, 4.69) is 11.4 Å². The Morgan fingerprint density at radius 3 is 2.16 bits per heavy atom. The molecule has 8 heteroatoms. The van der Waals surface area contributed by atoms with E-state index in [9.17, 15) is 14.4 Å². The molecule has 0 saturated heterocycles. The minimum atomic E-state index is -0.833. The average Bonchev–Trinajstić information content (AvgIpc) is 3.01. The standard InChI is InChI=1S/C36H49N5O3/c1-36(2,38)21-13-18-33(42)40(3)32(26-28-19-20-29-16-9-10-17-30(29)24-28)35(44)41(4)31(25-27-14-7-5-8-15-27)34(43)39-23-12-6-11-22-37/h5,7-10,13-20,24,31-32H,6,11-12,21-23,25-26,37-38H2,1-4H3,(H,39,43)/b18-13+/t31?,32-/m1/s1. The van der Waals surface area contributed by atoms with Gasteiger partial charge in [-0.2, -0.15) is 0 Å². The lowest BCUT2D eigenvalue weighted by molar-refractivity contribution is -0.146. The van der Waals surface area contributed by atoms with Crippen LogP contribution in [0.4, 0.5) is 0 Å². The molecule has 2 atom stereocenters. The van der Waals surface area contributed by atoms with E-state index in [-0.39, 0.29) is 17.7 Å². The topological polar surface area (TPSA) is 122 Å². The van der Waals surface area contributed by atoms with Gasteiger partial charge < -0.3 is 26.6 Å². The molecule has 0 fully saturated rings. The van der Waals surface area contributed by atoms with Crippen LogP contribution in [0.15, 0.2) is 84.9 Å². The summed E-state index contributed by atoms with van der Waals surface area (Å²) in [6.45, 7) is 4.91. The number of carbonyl (C=O) groups is 3. The average molecular weight is 600 g/mol. The highest BCUT2D eigenvalue weighted by atomic mass is 16.2. The number of amides is 3. The predicted molar refractivity (Wildman–Crippen MR) is 179 cm³/mol. The fourth-order valence-corrected chi connectivity index (χ4v) is 5.12. The van der Waals surface area contributed by atoms with Crippen molar-refractivity contribution in [1.82, 2.24) is 15.1 Å². The summed E-state index contributed by atoms with van der Waals surface area (Å²) in [4.78, 5) is 44.2. The van der Waals surface area contributed by atoms with Crippen molar-refractivity contribution < 1.29 is 14.4 Å². The lowest BCUT2D eigenvalue weighted by atomic mass is 9.98. The number of hydrogen-bond acceptors (Lipinski definition) is 5. The molecule has 0 aliphatic heterocycles. The van der Waals surface area contributed by atoms with Crippen molar-refractivity contribution in [2.45, 2.75) is 70.0 Å². The first-order valence-electron chi connectivity index (χ1n) is 15.5. The molecule has 0 aromatic heterocycles. The summed E-state index contributed by atoms with van der Waals surface area (Å²) in [7, 11) is 3.30. The number of hydrogen-bond donors (Lipinski definition) is 3. The molecule has 0 aliphatic rings. The van der Waals surface area contributed by atoms with Crippen LogP contribution in [0.2, 0.25) is 0 Å². The van der Waals surface area contributed by atoms with Crippen LogP contribution in [0.1, 0.15) is 50.7 Å². The second kappa shape index (κ2) is 16.7. The fraction of sp³-hybridized carbons (Fsp3) is 0.417. The molecule has 0 spiro atoms. The number of carbonyl (C=O) groups excluding carboxylic acids is 3. The van der Waals surface area contributed by atoms with Crippen molar-refractivity contribution in [2.75, 3.05) is 27.2 Å². The van der Waals surface area contributed by atoms with E-state index in [1.165, 1.54) is 15.9 Å². The second-order valence-electron chi connectivity index (χ2n) is 12.2. The number of nitrogens with one attached hydrogen (secondary N) is 1. The van der Waals surface area contributed by atoms with Gasteiger partial charge in [0.2, 0.25) is 17.7 Å². The molecule has 0 aliphatic carbocycles. The van der Waals surface area contributed by atoms with Gasteiger partial charge in [-0.15, -0.1) is 0 Å². The number of unbranched alkanes of at least 4 members (excludes halogenated alkanes) is 2. The van der Waals surface area contributed by atoms with Gasteiger partial charge in [0.15, 0.2) is 0 Å². The zero-order chi connectivity index (χ0) is 32.1. The van der Waals surface area contributed by atoms with Crippen LogP contribution in [0.3, 0.4) is 0 Å². The summed E-state index contributed by atoms with van der Waals surface area (Å²) in [5, 5.41) is 5.17. The largest absolute Gasteiger partial charge is 0.354 e. The number of likely N-dealkylation sites (N-methyl/N-ethyl adjacent to an activating group) is 2. The van der Waals surface area contributed by atoms with Gasteiger partial charge in [0.05, 0.1) is 0 Å². The zero-order valence-corrected chi connectivity index (χ0v) is 26.7. The quantitative estimate of drug-likeness (QED) is 0.168. The van der Waals surface area contributed by atoms with Crippen LogP contribution in [-0.4, -0.2) is 72.3 Å². The molecule has 1 unspecified atom stereocenters. The van der Waals surface area contributed by atoms with Gasteiger partial charge in [-0.05, 0) is 67.6 Å². The number of rotatable bonds is 16. The van der Waals surface area contributed by atoms with E-state index in [1.807, 2.05) is 80.6 Å². The molecule has 5 N–H and O–H groups in total. The molecule has 236 valence electrons. The zero-order valence-electron chi connectivity index (χ0n) is 26.7. The van der Waals surface area contributed by atoms with E-state index in [0.717, 1.165) is 41.2 Å².